The van der Waals surface area contributed by atoms with Gasteiger partial charge in [0.2, 0.25) is 5.91 Å². The number of hydrogen-bond acceptors (Lipinski definition) is 5. The fourth-order valence-corrected chi connectivity index (χ4v) is 3.47. The molecule has 29 heavy (non-hydrogen) atoms. The lowest BCUT2D eigenvalue weighted by Gasteiger charge is -2.12. The number of thioether (sulfide) groups is 1. The molecule has 0 saturated carbocycles. The van der Waals surface area contributed by atoms with Crippen LogP contribution in [0.5, 0.6) is 5.75 Å². The summed E-state index contributed by atoms with van der Waals surface area (Å²) in [5.41, 5.74) is 0.828. The average Bonchev–Trinajstić information content (AvgIpc) is 3.06. The first-order valence-corrected chi connectivity index (χ1v) is 10.1. The molecule has 6 nitrogen and oxygen atoms in total. The summed E-state index contributed by atoms with van der Waals surface area (Å²) in [4.78, 5) is 12.4. The van der Waals surface area contributed by atoms with Crippen molar-refractivity contribution in [2.45, 2.75) is 30.5 Å². The Hall–Kier alpha value is -2.58. The first kappa shape index (κ1) is 21.1. The quantitative estimate of drug-likeness (QED) is 0.543. The molecule has 1 heterocycles. The van der Waals surface area contributed by atoms with E-state index >= 15 is 0 Å². The number of benzene rings is 2. The van der Waals surface area contributed by atoms with Gasteiger partial charge in [-0.3, -0.25) is 4.79 Å². The summed E-state index contributed by atoms with van der Waals surface area (Å²) in [6, 6.07) is 13.2. The Balaban J connectivity index is 1.53. The van der Waals surface area contributed by atoms with Crippen LogP contribution in [0, 0.1) is 5.82 Å². The van der Waals surface area contributed by atoms with Gasteiger partial charge in [-0.05, 0) is 36.8 Å². The topological polar surface area (TPSA) is 69.0 Å². The highest BCUT2D eigenvalue weighted by Gasteiger charge is 2.19. The van der Waals surface area contributed by atoms with Crippen LogP contribution in [0.25, 0.3) is 0 Å². The molecule has 0 aliphatic rings. The van der Waals surface area contributed by atoms with Gasteiger partial charge in [0.15, 0.2) is 11.0 Å². The lowest BCUT2D eigenvalue weighted by Crippen LogP contribution is -2.30. The van der Waals surface area contributed by atoms with E-state index in [1.807, 2.05) is 19.2 Å². The van der Waals surface area contributed by atoms with E-state index in [9.17, 15) is 9.18 Å². The zero-order chi connectivity index (χ0) is 20.8. The Morgan fingerprint density at radius 2 is 1.97 bits per heavy atom. The van der Waals surface area contributed by atoms with E-state index in [-0.39, 0.29) is 23.6 Å². The molecule has 0 fully saturated rings. The van der Waals surface area contributed by atoms with Crippen LogP contribution in [0.4, 0.5) is 4.39 Å². The Morgan fingerprint density at radius 1 is 1.24 bits per heavy atom. The van der Waals surface area contributed by atoms with Gasteiger partial charge in [0, 0.05) is 13.6 Å². The van der Waals surface area contributed by atoms with Gasteiger partial charge < -0.3 is 14.6 Å². The zero-order valence-electron chi connectivity index (χ0n) is 15.9. The van der Waals surface area contributed by atoms with Crippen molar-refractivity contribution in [3.05, 3.63) is 70.8 Å². The van der Waals surface area contributed by atoms with Crippen molar-refractivity contribution in [2.24, 2.45) is 7.05 Å². The third-order valence-electron chi connectivity index (χ3n) is 4.15. The number of halogens is 2. The number of nitrogens with one attached hydrogen (secondary N) is 1. The molecular formula is C20H20ClFN4O2S. The van der Waals surface area contributed by atoms with Gasteiger partial charge in [0.1, 0.15) is 18.2 Å². The van der Waals surface area contributed by atoms with Crippen LogP contribution in [0.2, 0.25) is 5.02 Å². The molecule has 0 saturated heterocycles. The summed E-state index contributed by atoms with van der Waals surface area (Å²) in [5, 5.41) is 11.9. The van der Waals surface area contributed by atoms with E-state index < -0.39 is 0 Å². The van der Waals surface area contributed by atoms with Gasteiger partial charge in [-0.2, -0.15) is 0 Å². The molecule has 0 radical (unpaired) electrons. The minimum Gasteiger partial charge on any atom is -0.484 e. The molecular weight excluding hydrogens is 415 g/mol. The van der Waals surface area contributed by atoms with Crippen molar-refractivity contribution in [1.29, 1.82) is 0 Å². The van der Waals surface area contributed by atoms with Gasteiger partial charge in [-0.15, -0.1) is 10.2 Å². The molecule has 1 aromatic heterocycles. The predicted octanol–water partition coefficient (Wildman–Crippen LogP) is 3.98. The summed E-state index contributed by atoms with van der Waals surface area (Å²) in [6.07, 6.45) is 0. The van der Waals surface area contributed by atoms with Crippen LogP contribution < -0.4 is 10.1 Å². The van der Waals surface area contributed by atoms with Crippen LogP contribution in [-0.2, 0) is 25.0 Å². The monoisotopic (exact) mass is 434 g/mol. The Labute approximate surface area is 177 Å². The first-order chi connectivity index (χ1) is 13.9. The van der Waals surface area contributed by atoms with E-state index in [4.69, 9.17) is 16.3 Å². The van der Waals surface area contributed by atoms with E-state index in [0.717, 1.165) is 5.56 Å². The number of amides is 1. The SMILES string of the molecule is CC(Sc1nnc(COc2ccccc2Cl)n1C)C(=O)NCc1ccc(F)cc1. The number of aromatic nitrogens is 3. The fraction of sp³-hybridized carbons (Fsp3) is 0.250. The third-order valence-corrected chi connectivity index (χ3v) is 5.60. The van der Waals surface area contributed by atoms with Crippen molar-refractivity contribution in [2.75, 3.05) is 0 Å². The van der Waals surface area contributed by atoms with Crippen LogP contribution in [0.3, 0.4) is 0 Å². The van der Waals surface area contributed by atoms with Crippen LogP contribution in [0.1, 0.15) is 18.3 Å². The predicted molar refractivity (Wildman–Crippen MR) is 110 cm³/mol. The fourth-order valence-electron chi connectivity index (χ4n) is 2.42. The molecule has 0 bridgehead atoms. The molecule has 9 heteroatoms. The number of ether oxygens (including phenoxy) is 1. The summed E-state index contributed by atoms with van der Waals surface area (Å²) in [7, 11) is 1.82. The van der Waals surface area contributed by atoms with E-state index in [1.54, 1.807) is 35.8 Å². The van der Waals surface area contributed by atoms with Gasteiger partial charge in [0.05, 0.1) is 10.3 Å². The molecule has 0 aliphatic heterocycles. The first-order valence-electron chi connectivity index (χ1n) is 8.88. The molecule has 0 aliphatic carbocycles. The minimum atomic E-state index is -0.379. The highest BCUT2D eigenvalue weighted by molar-refractivity contribution is 8.00. The second-order valence-electron chi connectivity index (χ2n) is 6.28. The molecule has 1 atom stereocenters. The number of carbonyl (C=O) groups is 1. The zero-order valence-corrected chi connectivity index (χ0v) is 17.5. The normalized spacial score (nSPS) is 11.9. The molecule has 3 aromatic rings. The molecule has 0 spiro atoms. The molecule has 2 aromatic carbocycles. The maximum Gasteiger partial charge on any atom is 0.233 e. The summed E-state index contributed by atoms with van der Waals surface area (Å²) in [6.45, 7) is 2.33. The van der Waals surface area contributed by atoms with Crippen molar-refractivity contribution >= 4 is 29.3 Å². The summed E-state index contributed by atoms with van der Waals surface area (Å²) in [5.74, 6) is 0.739. The number of nitrogens with zero attached hydrogens (tertiary/aromatic N) is 3. The molecule has 1 unspecified atom stereocenters. The Bertz CT molecular complexity index is 981. The van der Waals surface area contributed by atoms with Gasteiger partial charge in [-0.25, -0.2) is 4.39 Å². The smallest absolute Gasteiger partial charge is 0.233 e. The molecule has 1 N–H and O–H groups in total. The maximum absolute atomic E-state index is 12.9. The lowest BCUT2D eigenvalue weighted by molar-refractivity contribution is -0.120. The summed E-state index contributed by atoms with van der Waals surface area (Å²) >= 11 is 7.38. The van der Waals surface area contributed by atoms with Gasteiger partial charge in [0.25, 0.3) is 0 Å². The van der Waals surface area contributed by atoms with Crippen molar-refractivity contribution in [3.63, 3.8) is 0 Å². The third kappa shape index (κ3) is 5.71. The van der Waals surface area contributed by atoms with Crippen molar-refractivity contribution in [1.82, 2.24) is 20.1 Å². The highest BCUT2D eigenvalue weighted by atomic mass is 35.5. The molecule has 3 rings (SSSR count). The summed E-state index contributed by atoms with van der Waals surface area (Å²) < 4.78 is 20.4. The van der Waals surface area contributed by atoms with Crippen molar-refractivity contribution in [3.8, 4) is 5.75 Å². The number of para-hydroxylation sites is 1. The highest BCUT2D eigenvalue weighted by Crippen LogP contribution is 2.25. The van der Waals surface area contributed by atoms with Crippen molar-refractivity contribution < 1.29 is 13.9 Å². The van der Waals surface area contributed by atoms with E-state index in [0.29, 0.717) is 28.3 Å². The molecule has 1 amide bonds. The average molecular weight is 435 g/mol. The maximum atomic E-state index is 12.9. The van der Waals surface area contributed by atoms with Crippen LogP contribution >= 0.6 is 23.4 Å². The van der Waals surface area contributed by atoms with Crippen LogP contribution in [0.15, 0.2) is 53.7 Å². The Kier molecular flexibility index (Phi) is 7.11. The Morgan fingerprint density at radius 3 is 2.69 bits per heavy atom. The van der Waals surface area contributed by atoms with Gasteiger partial charge in [-0.1, -0.05) is 47.6 Å². The van der Waals surface area contributed by atoms with Gasteiger partial charge >= 0.3 is 0 Å². The number of carbonyl (C=O) groups excluding carboxylic acids is 1. The number of hydrogen-bond donors (Lipinski definition) is 1. The van der Waals surface area contributed by atoms with E-state index in [1.165, 1.54) is 23.9 Å². The second kappa shape index (κ2) is 9.76. The number of rotatable bonds is 8. The second-order valence-corrected chi connectivity index (χ2v) is 8.00. The van der Waals surface area contributed by atoms with Crippen LogP contribution in [-0.4, -0.2) is 25.9 Å². The largest absolute Gasteiger partial charge is 0.484 e. The van der Waals surface area contributed by atoms with E-state index in [2.05, 4.69) is 15.5 Å². The lowest BCUT2D eigenvalue weighted by atomic mass is 10.2. The minimum absolute atomic E-state index is 0.142. The standard InChI is InChI=1S/C20H20ClFN4O2S/c1-13(19(27)23-11-14-7-9-15(22)10-8-14)29-20-25-24-18(26(20)2)12-28-17-6-4-3-5-16(17)21/h3-10,13H,11-12H2,1-2H3,(H,23,27). The molecule has 152 valence electrons.